The molecule has 0 aliphatic carbocycles. The summed E-state index contributed by atoms with van der Waals surface area (Å²) in [4.78, 5) is 6.21. The van der Waals surface area contributed by atoms with Crippen molar-refractivity contribution in [2.75, 3.05) is 17.2 Å². The minimum absolute atomic E-state index is 0.386. The van der Waals surface area contributed by atoms with Crippen LogP contribution in [0, 0.1) is 0 Å². The van der Waals surface area contributed by atoms with Gasteiger partial charge in [-0.3, -0.25) is 0 Å². The normalized spacial score (nSPS) is 21.7. The molecule has 2 heterocycles. The average molecular weight is 324 g/mol. The van der Waals surface area contributed by atoms with E-state index in [0.717, 1.165) is 17.4 Å². The van der Waals surface area contributed by atoms with E-state index >= 15 is 0 Å². The van der Waals surface area contributed by atoms with Gasteiger partial charge < -0.3 is 15.5 Å². The van der Waals surface area contributed by atoms with Gasteiger partial charge in [0.15, 0.2) is 5.11 Å². The Morgan fingerprint density at radius 2 is 2.10 bits per heavy atom. The van der Waals surface area contributed by atoms with Crippen LogP contribution in [0.5, 0.6) is 0 Å². The molecule has 106 valence electrons. The zero-order chi connectivity index (χ0) is 14.5. The lowest BCUT2D eigenvalue weighted by molar-refractivity contribution is 0.314. The van der Waals surface area contributed by atoms with Crippen LogP contribution in [0.4, 0.5) is 5.69 Å². The molecule has 6 heteroatoms. The first-order valence-corrected chi connectivity index (χ1v) is 8.35. The molecule has 2 aliphatic heterocycles. The zero-order valence-corrected chi connectivity index (χ0v) is 13.9. The van der Waals surface area contributed by atoms with Gasteiger partial charge in [0.25, 0.3) is 0 Å². The number of rotatable bonds is 2. The van der Waals surface area contributed by atoms with Crippen molar-refractivity contribution in [3.63, 3.8) is 0 Å². The SMILES string of the molecule is CC(C)(C(N)=S)N1CC2CSc3ccccc3N2C1=S. The van der Waals surface area contributed by atoms with Gasteiger partial charge >= 0.3 is 0 Å². The molecule has 3 nitrogen and oxygen atoms in total. The monoisotopic (exact) mass is 323 g/mol. The molecule has 0 spiro atoms. The van der Waals surface area contributed by atoms with Gasteiger partial charge in [-0.1, -0.05) is 24.4 Å². The van der Waals surface area contributed by atoms with Crippen molar-refractivity contribution >= 4 is 52.0 Å². The summed E-state index contributed by atoms with van der Waals surface area (Å²) in [5.74, 6) is 1.04. The fourth-order valence-electron chi connectivity index (χ4n) is 2.65. The van der Waals surface area contributed by atoms with Gasteiger partial charge in [-0.25, -0.2) is 0 Å². The minimum Gasteiger partial charge on any atom is -0.391 e. The highest BCUT2D eigenvalue weighted by Crippen LogP contribution is 2.41. The Balaban J connectivity index is 1.99. The summed E-state index contributed by atoms with van der Waals surface area (Å²) in [6.45, 7) is 4.96. The molecule has 1 saturated heterocycles. The van der Waals surface area contributed by atoms with Gasteiger partial charge in [-0.2, -0.15) is 0 Å². The van der Waals surface area contributed by atoms with Gasteiger partial charge in [0.1, 0.15) is 0 Å². The Labute approximate surface area is 134 Å². The molecular formula is C14H17N3S3. The van der Waals surface area contributed by atoms with Crippen LogP contribution in [0.25, 0.3) is 0 Å². The van der Waals surface area contributed by atoms with Crippen molar-refractivity contribution in [2.45, 2.75) is 30.3 Å². The summed E-state index contributed by atoms with van der Waals surface area (Å²) in [7, 11) is 0. The molecule has 2 aliphatic rings. The molecule has 20 heavy (non-hydrogen) atoms. The van der Waals surface area contributed by atoms with Crippen LogP contribution in [0.3, 0.4) is 0 Å². The minimum atomic E-state index is -0.386. The van der Waals surface area contributed by atoms with E-state index in [9.17, 15) is 0 Å². The van der Waals surface area contributed by atoms with Crippen LogP contribution in [0.1, 0.15) is 13.8 Å². The number of nitrogens with two attached hydrogens (primary N) is 1. The number of hydrogen-bond acceptors (Lipinski definition) is 3. The van der Waals surface area contributed by atoms with E-state index in [1.807, 2.05) is 25.6 Å². The van der Waals surface area contributed by atoms with Crippen LogP contribution >= 0.6 is 36.2 Å². The van der Waals surface area contributed by atoms with E-state index < -0.39 is 0 Å². The molecule has 3 rings (SSSR count). The second-order valence-electron chi connectivity index (χ2n) is 5.62. The van der Waals surface area contributed by atoms with Gasteiger partial charge in [-0.15, -0.1) is 11.8 Å². The standard InChI is InChI=1S/C14H17N3S3/c1-14(2,12(15)18)16-7-9-8-20-11-6-4-3-5-10(11)17(9)13(16)19/h3-6,9H,7-8H2,1-2H3,(H2,15,18). The lowest BCUT2D eigenvalue weighted by Crippen LogP contribution is -2.53. The molecule has 0 bridgehead atoms. The smallest absolute Gasteiger partial charge is 0.177 e. The maximum absolute atomic E-state index is 5.90. The third-order valence-electron chi connectivity index (χ3n) is 4.03. The van der Waals surface area contributed by atoms with Crippen molar-refractivity contribution in [3.8, 4) is 0 Å². The number of para-hydroxylation sites is 1. The van der Waals surface area contributed by atoms with E-state index in [1.54, 1.807) is 0 Å². The Bertz CT molecular complexity index is 585. The molecule has 1 aromatic rings. The van der Waals surface area contributed by atoms with E-state index in [0.29, 0.717) is 11.0 Å². The number of hydrogen-bond donors (Lipinski definition) is 1. The van der Waals surface area contributed by atoms with Crippen LogP contribution in [0.2, 0.25) is 0 Å². The van der Waals surface area contributed by atoms with E-state index in [2.05, 4.69) is 34.1 Å². The Kier molecular flexibility index (Phi) is 3.43. The average Bonchev–Trinajstić information content (AvgIpc) is 2.77. The topological polar surface area (TPSA) is 32.5 Å². The van der Waals surface area contributed by atoms with Gasteiger partial charge in [-0.05, 0) is 38.2 Å². The molecule has 1 unspecified atom stereocenters. The van der Waals surface area contributed by atoms with Crippen molar-refractivity contribution in [2.24, 2.45) is 5.73 Å². The Morgan fingerprint density at radius 1 is 1.40 bits per heavy atom. The van der Waals surface area contributed by atoms with Crippen molar-refractivity contribution in [1.82, 2.24) is 4.90 Å². The summed E-state index contributed by atoms with van der Waals surface area (Å²) in [5, 5.41) is 0.834. The summed E-state index contributed by atoms with van der Waals surface area (Å²) in [5.41, 5.74) is 6.73. The van der Waals surface area contributed by atoms with E-state index in [1.165, 1.54) is 10.6 Å². The molecule has 0 radical (unpaired) electrons. The Morgan fingerprint density at radius 3 is 2.80 bits per heavy atom. The number of thiocarbonyl (C=S) groups is 2. The number of anilines is 1. The quantitative estimate of drug-likeness (QED) is 0.843. The van der Waals surface area contributed by atoms with Crippen LogP contribution in [-0.4, -0.2) is 38.9 Å². The highest BCUT2D eigenvalue weighted by Gasteiger charge is 2.45. The molecule has 0 aromatic heterocycles. The molecule has 1 aromatic carbocycles. The lowest BCUT2D eigenvalue weighted by atomic mass is 10.0. The van der Waals surface area contributed by atoms with Gasteiger partial charge in [0.2, 0.25) is 0 Å². The first-order chi connectivity index (χ1) is 9.43. The Hall–Kier alpha value is -0.850. The second-order valence-corrected chi connectivity index (χ2v) is 7.49. The first kappa shape index (κ1) is 14.1. The highest BCUT2D eigenvalue weighted by molar-refractivity contribution is 7.99. The third kappa shape index (κ3) is 2.01. The molecule has 0 saturated carbocycles. The summed E-state index contributed by atoms with van der Waals surface area (Å²) in [6.07, 6.45) is 0. The third-order valence-corrected chi connectivity index (χ3v) is 6.15. The van der Waals surface area contributed by atoms with Crippen molar-refractivity contribution in [1.29, 1.82) is 0 Å². The molecule has 1 atom stereocenters. The maximum Gasteiger partial charge on any atom is 0.177 e. The molecule has 2 N–H and O–H groups in total. The van der Waals surface area contributed by atoms with Crippen LogP contribution in [0.15, 0.2) is 29.2 Å². The summed E-state index contributed by atoms with van der Waals surface area (Å²) in [6, 6.07) is 8.82. The fraction of sp³-hybridized carbons (Fsp3) is 0.429. The van der Waals surface area contributed by atoms with Gasteiger partial charge in [0, 0.05) is 17.2 Å². The number of fused-ring (bicyclic) bond motifs is 3. The van der Waals surface area contributed by atoms with Gasteiger partial charge in [0.05, 0.1) is 22.3 Å². The van der Waals surface area contributed by atoms with Crippen molar-refractivity contribution in [3.05, 3.63) is 24.3 Å². The highest BCUT2D eigenvalue weighted by atomic mass is 32.2. The fourth-order valence-corrected chi connectivity index (χ4v) is 4.42. The number of nitrogens with zero attached hydrogens (tertiary/aromatic N) is 2. The summed E-state index contributed by atoms with van der Waals surface area (Å²) >= 11 is 12.8. The number of thioether (sulfide) groups is 1. The first-order valence-electron chi connectivity index (χ1n) is 6.55. The molecular weight excluding hydrogens is 306 g/mol. The predicted molar refractivity (Wildman–Crippen MR) is 93.6 cm³/mol. The zero-order valence-electron chi connectivity index (χ0n) is 11.5. The van der Waals surface area contributed by atoms with Crippen LogP contribution < -0.4 is 10.6 Å². The second kappa shape index (κ2) is 4.86. The molecule has 0 amide bonds. The number of benzene rings is 1. The van der Waals surface area contributed by atoms with Crippen molar-refractivity contribution < 1.29 is 0 Å². The maximum atomic E-state index is 5.90. The lowest BCUT2D eigenvalue weighted by Gasteiger charge is -2.36. The molecule has 1 fully saturated rings. The van der Waals surface area contributed by atoms with E-state index in [4.69, 9.17) is 30.2 Å². The van der Waals surface area contributed by atoms with Crippen LogP contribution in [-0.2, 0) is 0 Å². The summed E-state index contributed by atoms with van der Waals surface area (Å²) < 4.78 is 0. The largest absolute Gasteiger partial charge is 0.391 e. The van der Waals surface area contributed by atoms with E-state index in [-0.39, 0.29) is 5.54 Å². The predicted octanol–water partition coefficient (Wildman–Crippen LogP) is 2.63.